The van der Waals surface area contributed by atoms with Crippen molar-refractivity contribution < 1.29 is 18.1 Å². The van der Waals surface area contributed by atoms with Gasteiger partial charge in [0, 0.05) is 51.9 Å². The number of nitro groups is 1. The number of amides is 1. The van der Waals surface area contributed by atoms with Gasteiger partial charge in [-0.05, 0) is 32.6 Å². The van der Waals surface area contributed by atoms with E-state index in [-0.39, 0.29) is 23.0 Å². The van der Waals surface area contributed by atoms with E-state index < -0.39 is 14.9 Å². The van der Waals surface area contributed by atoms with Crippen LogP contribution in [0.5, 0.6) is 0 Å². The van der Waals surface area contributed by atoms with Crippen molar-refractivity contribution in [3.63, 3.8) is 0 Å². The predicted octanol–water partition coefficient (Wildman–Crippen LogP) is 0.0829. The van der Waals surface area contributed by atoms with Crippen molar-refractivity contribution in [1.29, 1.82) is 0 Å². The third-order valence-corrected chi connectivity index (χ3v) is 6.42. The highest BCUT2D eigenvalue weighted by Crippen LogP contribution is 2.31. The Labute approximate surface area is 183 Å². The Kier molecular flexibility index (Phi) is 9.16. The minimum absolute atomic E-state index is 0.0300. The van der Waals surface area contributed by atoms with Crippen LogP contribution in [0.15, 0.2) is 23.1 Å². The second-order valence-corrected chi connectivity index (χ2v) is 9.49. The van der Waals surface area contributed by atoms with Crippen molar-refractivity contribution >= 4 is 27.3 Å². The maximum absolute atomic E-state index is 12.5. The smallest absolute Gasteiger partial charge is 0.293 e. The summed E-state index contributed by atoms with van der Waals surface area (Å²) in [5, 5.41) is 14.5. The van der Waals surface area contributed by atoms with Gasteiger partial charge in [-0.3, -0.25) is 19.8 Å². The molecule has 1 aliphatic heterocycles. The first-order valence-electron chi connectivity index (χ1n) is 10.3. The minimum atomic E-state index is -3.84. The molecule has 1 aromatic rings. The normalized spacial score (nSPS) is 15.3. The molecule has 0 unspecified atom stereocenters. The molecule has 1 fully saturated rings. The maximum Gasteiger partial charge on any atom is 0.293 e. The van der Waals surface area contributed by atoms with E-state index in [1.165, 1.54) is 12.1 Å². The van der Waals surface area contributed by atoms with Gasteiger partial charge < -0.3 is 15.1 Å². The van der Waals surface area contributed by atoms with Gasteiger partial charge in [0.2, 0.25) is 15.9 Å². The van der Waals surface area contributed by atoms with Crippen LogP contribution in [0, 0.1) is 10.1 Å². The maximum atomic E-state index is 12.5. The fourth-order valence-electron chi connectivity index (χ4n) is 3.24. The van der Waals surface area contributed by atoms with Crippen molar-refractivity contribution in [3.05, 3.63) is 28.3 Å². The summed E-state index contributed by atoms with van der Waals surface area (Å²) in [5.41, 5.74) is 0.136. The van der Waals surface area contributed by atoms with Crippen LogP contribution in [0.2, 0.25) is 0 Å². The summed E-state index contributed by atoms with van der Waals surface area (Å²) in [4.78, 5) is 28.5. The third kappa shape index (κ3) is 7.42. The number of nitro benzene ring substituents is 1. The van der Waals surface area contributed by atoms with E-state index in [1.807, 2.05) is 35.7 Å². The Morgan fingerprint density at radius 2 is 1.87 bits per heavy atom. The lowest BCUT2D eigenvalue weighted by molar-refractivity contribution is -0.384. The van der Waals surface area contributed by atoms with E-state index in [4.69, 9.17) is 0 Å². The van der Waals surface area contributed by atoms with Crippen molar-refractivity contribution in [2.75, 3.05) is 71.4 Å². The molecule has 0 aromatic heterocycles. The molecule has 0 atom stereocenters. The Hall–Kier alpha value is -2.28. The molecule has 0 aliphatic carbocycles. The van der Waals surface area contributed by atoms with Crippen molar-refractivity contribution in [1.82, 2.24) is 19.8 Å². The van der Waals surface area contributed by atoms with Gasteiger partial charge in [-0.15, -0.1) is 0 Å². The summed E-state index contributed by atoms with van der Waals surface area (Å²) in [6, 6.07) is 3.99. The zero-order valence-corrected chi connectivity index (χ0v) is 19.2. The van der Waals surface area contributed by atoms with Crippen LogP contribution in [0.1, 0.15) is 13.3 Å². The van der Waals surface area contributed by atoms with Crippen LogP contribution in [-0.2, 0) is 14.8 Å². The molecule has 2 rings (SSSR count). The van der Waals surface area contributed by atoms with Crippen LogP contribution < -0.4 is 14.9 Å². The molecule has 1 aliphatic rings. The number of hydrogen-bond acceptors (Lipinski definition) is 8. The second kappa shape index (κ2) is 11.4. The van der Waals surface area contributed by atoms with E-state index in [9.17, 15) is 23.3 Å². The number of carbonyl (C=O) groups excluding carboxylic acids is 1. The second-order valence-electron chi connectivity index (χ2n) is 7.72. The minimum Gasteiger partial charge on any atom is -0.363 e. The molecule has 12 heteroatoms. The molecule has 1 heterocycles. The molecule has 1 aromatic carbocycles. The van der Waals surface area contributed by atoms with Crippen LogP contribution in [0.4, 0.5) is 11.4 Å². The first-order valence-corrected chi connectivity index (χ1v) is 11.8. The number of benzene rings is 1. The SMILES string of the molecule is CCCNC(=O)CN1CCN(c2ccc(S(=O)(=O)NCCN(C)C)cc2[N+](=O)[O-])CC1. The summed E-state index contributed by atoms with van der Waals surface area (Å²) in [7, 11) is -0.192. The van der Waals surface area contributed by atoms with Gasteiger partial charge >= 0.3 is 0 Å². The van der Waals surface area contributed by atoms with Gasteiger partial charge in [0.05, 0.1) is 16.4 Å². The monoisotopic (exact) mass is 456 g/mol. The number of sulfonamides is 1. The van der Waals surface area contributed by atoms with Gasteiger partial charge in [-0.1, -0.05) is 6.92 Å². The lowest BCUT2D eigenvalue weighted by Gasteiger charge is -2.35. The molecule has 0 saturated carbocycles. The lowest BCUT2D eigenvalue weighted by atomic mass is 10.2. The molecule has 2 N–H and O–H groups in total. The predicted molar refractivity (Wildman–Crippen MR) is 119 cm³/mol. The zero-order chi connectivity index (χ0) is 23.0. The van der Waals surface area contributed by atoms with Gasteiger partial charge in [0.25, 0.3) is 5.69 Å². The molecular formula is C19H32N6O5S. The Balaban J connectivity index is 2.07. The quantitative estimate of drug-likeness (QED) is 0.354. The highest BCUT2D eigenvalue weighted by Gasteiger charge is 2.27. The van der Waals surface area contributed by atoms with Gasteiger partial charge in [-0.25, -0.2) is 13.1 Å². The third-order valence-electron chi connectivity index (χ3n) is 4.96. The number of carbonyl (C=O) groups is 1. The zero-order valence-electron chi connectivity index (χ0n) is 18.3. The number of hydrogen-bond donors (Lipinski definition) is 2. The standard InChI is InChI=1S/C19H32N6O5S/c1-4-7-20-19(26)15-23-10-12-24(13-11-23)17-6-5-16(14-18(17)25(27)28)31(29,30)21-8-9-22(2)3/h5-6,14,21H,4,7-13,15H2,1-3H3,(H,20,26). The molecule has 11 nitrogen and oxygen atoms in total. The van der Waals surface area contributed by atoms with Crippen LogP contribution >= 0.6 is 0 Å². The summed E-state index contributed by atoms with van der Waals surface area (Å²) >= 11 is 0. The van der Waals surface area contributed by atoms with E-state index >= 15 is 0 Å². The molecule has 31 heavy (non-hydrogen) atoms. The number of likely N-dealkylation sites (N-methyl/N-ethyl adjacent to an activating group) is 1. The number of nitrogens with zero attached hydrogens (tertiary/aromatic N) is 4. The molecule has 1 saturated heterocycles. The number of anilines is 1. The van der Waals surface area contributed by atoms with Crippen molar-refractivity contribution in [2.45, 2.75) is 18.2 Å². The van der Waals surface area contributed by atoms with E-state index in [1.54, 1.807) is 0 Å². The fourth-order valence-corrected chi connectivity index (χ4v) is 4.28. The van der Waals surface area contributed by atoms with Crippen molar-refractivity contribution in [2.24, 2.45) is 0 Å². The van der Waals surface area contributed by atoms with Gasteiger partial charge in [0.1, 0.15) is 5.69 Å². The summed E-state index contributed by atoms with van der Waals surface area (Å²) in [5.74, 6) is -0.0300. The van der Waals surface area contributed by atoms with Crippen LogP contribution in [0.25, 0.3) is 0 Å². The first kappa shape index (κ1) is 25.0. The Morgan fingerprint density at radius 3 is 2.45 bits per heavy atom. The van der Waals surface area contributed by atoms with E-state index in [0.29, 0.717) is 51.5 Å². The molecule has 0 bridgehead atoms. The summed E-state index contributed by atoms with van der Waals surface area (Å²) < 4.78 is 27.4. The van der Waals surface area contributed by atoms with Crippen LogP contribution in [0.3, 0.4) is 0 Å². The van der Waals surface area contributed by atoms with Gasteiger partial charge in [-0.2, -0.15) is 0 Å². The number of rotatable bonds is 11. The largest absolute Gasteiger partial charge is 0.363 e. The molecule has 174 valence electrons. The van der Waals surface area contributed by atoms with E-state index in [2.05, 4.69) is 10.0 Å². The van der Waals surface area contributed by atoms with Crippen LogP contribution in [-0.4, -0.2) is 95.5 Å². The van der Waals surface area contributed by atoms with Gasteiger partial charge in [0.15, 0.2) is 0 Å². The lowest BCUT2D eigenvalue weighted by Crippen LogP contribution is -2.49. The highest BCUT2D eigenvalue weighted by atomic mass is 32.2. The molecular weight excluding hydrogens is 424 g/mol. The molecule has 0 spiro atoms. The first-order chi connectivity index (χ1) is 14.6. The average Bonchev–Trinajstić information content (AvgIpc) is 2.72. The Bertz CT molecular complexity index is 869. The summed E-state index contributed by atoms with van der Waals surface area (Å²) in [6.07, 6.45) is 0.875. The van der Waals surface area contributed by atoms with E-state index in [0.717, 1.165) is 12.5 Å². The molecule has 0 radical (unpaired) electrons. The average molecular weight is 457 g/mol. The van der Waals surface area contributed by atoms with Crippen molar-refractivity contribution in [3.8, 4) is 0 Å². The highest BCUT2D eigenvalue weighted by molar-refractivity contribution is 7.89. The number of piperazine rings is 1. The fraction of sp³-hybridized carbons (Fsp3) is 0.632. The topological polar surface area (TPSA) is 128 Å². The summed E-state index contributed by atoms with van der Waals surface area (Å²) in [6.45, 7) is 5.84. The molecule has 1 amide bonds. The Morgan fingerprint density at radius 1 is 1.19 bits per heavy atom. The number of nitrogens with one attached hydrogen (secondary N) is 2.